The molecule has 0 saturated carbocycles. The van der Waals surface area contributed by atoms with E-state index < -0.39 is 5.97 Å². The highest BCUT2D eigenvalue weighted by Gasteiger charge is 2.17. The molecule has 0 amide bonds. The van der Waals surface area contributed by atoms with Crippen molar-refractivity contribution in [3.63, 3.8) is 0 Å². The van der Waals surface area contributed by atoms with Crippen molar-refractivity contribution in [3.8, 4) is 22.8 Å². The van der Waals surface area contributed by atoms with E-state index >= 15 is 0 Å². The molecule has 2 aromatic heterocycles. The lowest BCUT2D eigenvalue weighted by Gasteiger charge is -2.13. The monoisotopic (exact) mass is 340 g/mol. The number of methoxy groups -OCH3 is 2. The first kappa shape index (κ1) is 16.5. The molecule has 0 bridgehead atoms. The maximum atomic E-state index is 12.5. The summed E-state index contributed by atoms with van der Waals surface area (Å²) >= 11 is 0. The Morgan fingerprint density at radius 3 is 2.60 bits per heavy atom. The predicted molar refractivity (Wildman–Crippen MR) is 92.5 cm³/mol. The lowest BCUT2D eigenvalue weighted by molar-refractivity contribution is 0.0693. The Hall–Kier alpha value is -3.35. The number of carbonyl (C=O) groups is 1. The molecule has 0 aliphatic carbocycles. The maximum absolute atomic E-state index is 12.5. The molecule has 3 rings (SSSR count). The van der Waals surface area contributed by atoms with Crippen LogP contribution in [0.15, 0.2) is 41.5 Å². The molecule has 1 N–H and O–H groups in total. The van der Waals surface area contributed by atoms with Crippen LogP contribution in [-0.4, -0.2) is 34.8 Å². The van der Waals surface area contributed by atoms with E-state index in [1.807, 2.05) is 0 Å². The first-order valence-corrected chi connectivity index (χ1v) is 7.42. The van der Waals surface area contributed by atoms with Gasteiger partial charge in [0.25, 0.3) is 5.56 Å². The number of fused-ring (bicyclic) bond motifs is 1. The van der Waals surface area contributed by atoms with Gasteiger partial charge >= 0.3 is 5.97 Å². The standard InChI is InChI=1S/C18H16N2O5/c1-20-9-13(10-4-5-12(18(22)23)14(8-10)24-2)11-6-7-19-16(25-3)15(11)17(20)21/h4-9H,1-3H3,(H,22,23). The van der Waals surface area contributed by atoms with Gasteiger partial charge in [-0.1, -0.05) is 6.07 Å². The predicted octanol–water partition coefficient (Wildman–Crippen LogP) is 2.32. The molecule has 0 aliphatic heterocycles. The van der Waals surface area contributed by atoms with Crippen LogP contribution in [0, 0.1) is 0 Å². The van der Waals surface area contributed by atoms with Gasteiger partial charge in [-0.05, 0) is 23.8 Å². The number of rotatable bonds is 4. The molecule has 1 aromatic carbocycles. The number of aromatic carboxylic acids is 1. The molecule has 7 heteroatoms. The van der Waals surface area contributed by atoms with Crippen molar-refractivity contribution in [2.75, 3.05) is 14.2 Å². The molecule has 7 nitrogen and oxygen atoms in total. The fraction of sp³-hybridized carbons (Fsp3) is 0.167. The van der Waals surface area contributed by atoms with Crippen LogP contribution < -0.4 is 15.0 Å². The van der Waals surface area contributed by atoms with Crippen LogP contribution >= 0.6 is 0 Å². The van der Waals surface area contributed by atoms with Crippen molar-refractivity contribution in [3.05, 3.63) is 52.6 Å². The zero-order valence-electron chi connectivity index (χ0n) is 13.9. The number of hydrogen-bond acceptors (Lipinski definition) is 5. The van der Waals surface area contributed by atoms with Crippen molar-refractivity contribution >= 4 is 16.7 Å². The molecule has 0 unspecified atom stereocenters. The minimum Gasteiger partial charge on any atom is -0.496 e. The van der Waals surface area contributed by atoms with E-state index in [1.54, 1.807) is 37.6 Å². The van der Waals surface area contributed by atoms with Gasteiger partial charge in [-0.3, -0.25) is 4.79 Å². The Morgan fingerprint density at radius 1 is 1.20 bits per heavy atom. The second-order valence-corrected chi connectivity index (χ2v) is 5.42. The van der Waals surface area contributed by atoms with E-state index in [0.717, 1.165) is 11.1 Å². The third-order valence-corrected chi connectivity index (χ3v) is 4.00. The van der Waals surface area contributed by atoms with Crippen LogP contribution in [0.25, 0.3) is 21.9 Å². The summed E-state index contributed by atoms with van der Waals surface area (Å²) in [6.45, 7) is 0. The van der Waals surface area contributed by atoms with Crippen LogP contribution in [0.5, 0.6) is 11.6 Å². The number of aromatic nitrogens is 2. The van der Waals surface area contributed by atoms with Gasteiger partial charge in [0, 0.05) is 30.4 Å². The quantitative estimate of drug-likeness (QED) is 0.784. The minimum absolute atomic E-state index is 0.0691. The van der Waals surface area contributed by atoms with Gasteiger partial charge in [0.2, 0.25) is 5.88 Å². The molecule has 0 atom stereocenters. The molecule has 3 aromatic rings. The normalized spacial score (nSPS) is 10.7. The summed E-state index contributed by atoms with van der Waals surface area (Å²) in [6, 6.07) is 6.52. The first-order chi connectivity index (χ1) is 12.0. The smallest absolute Gasteiger partial charge is 0.339 e. The Labute approximate surface area is 143 Å². The lowest BCUT2D eigenvalue weighted by atomic mass is 9.99. The summed E-state index contributed by atoms with van der Waals surface area (Å²) in [7, 11) is 4.51. The number of carboxylic acids is 1. The molecule has 0 radical (unpaired) electrons. The molecule has 0 spiro atoms. The molecular formula is C18H16N2O5. The fourth-order valence-corrected chi connectivity index (χ4v) is 2.79. The highest BCUT2D eigenvalue weighted by molar-refractivity contribution is 5.99. The van der Waals surface area contributed by atoms with Gasteiger partial charge in [0.05, 0.1) is 14.2 Å². The summed E-state index contributed by atoms with van der Waals surface area (Å²) in [5.41, 5.74) is 1.31. The van der Waals surface area contributed by atoms with Crippen molar-refractivity contribution in [1.29, 1.82) is 0 Å². The molecule has 2 heterocycles. The molecule has 128 valence electrons. The van der Waals surface area contributed by atoms with E-state index in [-0.39, 0.29) is 22.8 Å². The zero-order chi connectivity index (χ0) is 18.1. The largest absolute Gasteiger partial charge is 0.496 e. The summed E-state index contributed by atoms with van der Waals surface area (Å²) in [5, 5.41) is 10.3. The Bertz CT molecular complexity index is 1040. The second-order valence-electron chi connectivity index (χ2n) is 5.42. The number of hydrogen-bond donors (Lipinski definition) is 1. The molecule has 0 aliphatic rings. The van der Waals surface area contributed by atoms with Gasteiger partial charge in [-0.2, -0.15) is 0 Å². The van der Waals surface area contributed by atoms with E-state index in [1.165, 1.54) is 24.9 Å². The number of aryl methyl sites for hydroxylation is 1. The van der Waals surface area contributed by atoms with Crippen LogP contribution in [0.2, 0.25) is 0 Å². The molecule has 25 heavy (non-hydrogen) atoms. The van der Waals surface area contributed by atoms with Gasteiger partial charge in [-0.25, -0.2) is 9.78 Å². The number of benzene rings is 1. The minimum atomic E-state index is -1.07. The summed E-state index contributed by atoms with van der Waals surface area (Å²) < 4.78 is 11.9. The highest BCUT2D eigenvalue weighted by Crippen LogP contribution is 2.33. The number of nitrogens with zero attached hydrogens (tertiary/aromatic N) is 2. The number of carboxylic acid groups (broad SMARTS) is 1. The average Bonchev–Trinajstić information content (AvgIpc) is 2.63. The van der Waals surface area contributed by atoms with E-state index in [2.05, 4.69) is 4.98 Å². The third kappa shape index (κ3) is 2.69. The van der Waals surface area contributed by atoms with E-state index in [0.29, 0.717) is 10.8 Å². The van der Waals surface area contributed by atoms with Gasteiger partial charge in [-0.15, -0.1) is 0 Å². The van der Waals surface area contributed by atoms with Gasteiger partial charge in [0.15, 0.2) is 0 Å². The van der Waals surface area contributed by atoms with Crippen LogP contribution in [0.1, 0.15) is 10.4 Å². The highest BCUT2D eigenvalue weighted by atomic mass is 16.5. The Balaban J connectivity index is 2.35. The van der Waals surface area contributed by atoms with E-state index in [4.69, 9.17) is 9.47 Å². The van der Waals surface area contributed by atoms with Gasteiger partial charge in [0.1, 0.15) is 16.7 Å². The van der Waals surface area contributed by atoms with Crippen LogP contribution in [-0.2, 0) is 7.05 Å². The van der Waals surface area contributed by atoms with Crippen molar-refractivity contribution in [2.45, 2.75) is 0 Å². The number of ether oxygens (including phenoxy) is 2. The molecule has 0 saturated heterocycles. The topological polar surface area (TPSA) is 90.7 Å². The number of pyridine rings is 2. The van der Waals surface area contributed by atoms with E-state index in [9.17, 15) is 14.7 Å². The average molecular weight is 340 g/mol. The maximum Gasteiger partial charge on any atom is 0.339 e. The Kier molecular flexibility index (Phi) is 4.14. The molecular weight excluding hydrogens is 324 g/mol. The van der Waals surface area contributed by atoms with Gasteiger partial charge < -0.3 is 19.1 Å². The lowest BCUT2D eigenvalue weighted by Crippen LogP contribution is -2.17. The third-order valence-electron chi connectivity index (χ3n) is 4.00. The van der Waals surface area contributed by atoms with Crippen molar-refractivity contribution < 1.29 is 19.4 Å². The zero-order valence-corrected chi connectivity index (χ0v) is 13.9. The summed E-state index contributed by atoms with van der Waals surface area (Å²) in [4.78, 5) is 27.9. The molecule has 0 fully saturated rings. The summed E-state index contributed by atoms with van der Waals surface area (Å²) in [6.07, 6.45) is 3.26. The van der Waals surface area contributed by atoms with Crippen LogP contribution in [0.4, 0.5) is 0 Å². The summed E-state index contributed by atoms with van der Waals surface area (Å²) in [5.74, 6) is -0.582. The van der Waals surface area contributed by atoms with Crippen LogP contribution in [0.3, 0.4) is 0 Å². The second kappa shape index (κ2) is 6.27. The first-order valence-electron chi connectivity index (χ1n) is 7.42. The SMILES string of the molecule is COc1cc(-c2cn(C)c(=O)c3c(OC)nccc23)ccc1C(=O)O. The van der Waals surface area contributed by atoms with Crippen molar-refractivity contribution in [2.24, 2.45) is 7.05 Å². The van der Waals surface area contributed by atoms with Crippen molar-refractivity contribution in [1.82, 2.24) is 9.55 Å². The Morgan fingerprint density at radius 2 is 1.96 bits per heavy atom. The fourth-order valence-electron chi connectivity index (χ4n) is 2.79.